The van der Waals surface area contributed by atoms with Gasteiger partial charge in [0.2, 0.25) is 5.91 Å². The summed E-state index contributed by atoms with van der Waals surface area (Å²) < 4.78 is 0. The van der Waals surface area contributed by atoms with Crippen molar-refractivity contribution in [2.75, 3.05) is 6.54 Å². The Bertz CT molecular complexity index is 542. The molecule has 0 aromatic heterocycles. The van der Waals surface area contributed by atoms with Crippen molar-refractivity contribution < 1.29 is 14.7 Å². The molecular weight excluding hydrogens is 256 g/mol. The number of phenolic OH excluding ortho intramolecular Hbond substituents is 1. The van der Waals surface area contributed by atoms with Gasteiger partial charge in [0.15, 0.2) is 0 Å². The first-order valence-electron chi connectivity index (χ1n) is 6.80. The lowest BCUT2D eigenvalue weighted by atomic mass is 9.92. The second-order valence-electron chi connectivity index (χ2n) is 5.48. The van der Waals surface area contributed by atoms with E-state index in [9.17, 15) is 14.7 Å². The van der Waals surface area contributed by atoms with E-state index in [0.717, 1.165) is 18.4 Å². The van der Waals surface area contributed by atoms with Gasteiger partial charge in [0.1, 0.15) is 5.75 Å². The number of nitrogens with two attached hydrogens (primary N) is 1. The Hall–Kier alpha value is -2.04. The molecule has 2 unspecified atom stereocenters. The molecule has 0 radical (unpaired) electrons. The first-order valence-corrected chi connectivity index (χ1v) is 6.80. The van der Waals surface area contributed by atoms with Crippen LogP contribution >= 0.6 is 0 Å². The minimum Gasteiger partial charge on any atom is -0.508 e. The molecule has 2 amide bonds. The van der Waals surface area contributed by atoms with Crippen molar-refractivity contribution >= 4 is 11.8 Å². The number of primary amides is 1. The van der Waals surface area contributed by atoms with Gasteiger partial charge in [-0.15, -0.1) is 0 Å². The van der Waals surface area contributed by atoms with E-state index in [1.54, 1.807) is 24.0 Å². The van der Waals surface area contributed by atoms with Crippen molar-refractivity contribution in [2.24, 2.45) is 11.7 Å². The number of rotatable bonds is 2. The summed E-state index contributed by atoms with van der Waals surface area (Å²) in [6.07, 6.45) is 1.51. The number of benzene rings is 1. The predicted molar refractivity (Wildman–Crippen MR) is 75.3 cm³/mol. The lowest BCUT2D eigenvalue weighted by Crippen LogP contribution is -2.48. The van der Waals surface area contributed by atoms with Crippen LogP contribution in [-0.2, 0) is 4.79 Å². The van der Waals surface area contributed by atoms with E-state index in [4.69, 9.17) is 5.73 Å². The maximum atomic E-state index is 12.6. The molecule has 0 bridgehead atoms. The van der Waals surface area contributed by atoms with Gasteiger partial charge in [0.05, 0.1) is 5.92 Å². The Morgan fingerprint density at radius 1 is 1.35 bits per heavy atom. The third-order valence-electron chi connectivity index (χ3n) is 3.99. The molecule has 0 spiro atoms. The fourth-order valence-electron chi connectivity index (χ4n) is 2.66. The summed E-state index contributed by atoms with van der Waals surface area (Å²) in [6.45, 7) is 4.13. The summed E-state index contributed by atoms with van der Waals surface area (Å²) in [5, 5.41) is 9.41. The summed E-state index contributed by atoms with van der Waals surface area (Å²) >= 11 is 0. The average molecular weight is 276 g/mol. The van der Waals surface area contributed by atoms with E-state index in [0.29, 0.717) is 12.1 Å². The molecule has 3 N–H and O–H groups in total. The Labute approximate surface area is 118 Å². The van der Waals surface area contributed by atoms with Crippen LogP contribution in [0.25, 0.3) is 0 Å². The Morgan fingerprint density at radius 3 is 2.65 bits per heavy atom. The summed E-state index contributed by atoms with van der Waals surface area (Å²) in [7, 11) is 0. The van der Waals surface area contributed by atoms with Gasteiger partial charge in [-0.3, -0.25) is 9.59 Å². The highest BCUT2D eigenvalue weighted by molar-refractivity contribution is 5.96. The van der Waals surface area contributed by atoms with Gasteiger partial charge >= 0.3 is 0 Å². The number of likely N-dealkylation sites (tertiary alicyclic amines) is 1. The van der Waals surface area contributed by atoms with Gasteiger partial charge in [-0.1, -0.05) is 0 Å². The van der Waals surface area contributed by atoms with Gasteiger partial charge in [0, 0.05) is 18.2 Å². The quantitative estimate of drug-likeness (QED) is 0.857. The van der Waals surface area contributed by atoms with Gasteiger partial charge in [-0.2, -0.15) is 0 Å². The second-order valence-corrected chi connectivity index (χ2v) is 5.48. The van der Waals surface area contributed by atoms with Gasteiger partial charge in [0.25, 0.3) is 5.91 Å². The topological polar surface area (TPSA) is 83.6 Å². The molecule has 1 saturated heterocycles. The molecule has 2 atom stereocenters. The molecule has 20 heavy (non-hydrogen) atoms. The van der Waals surface area contributed by atoms with E-state index in [-0.39, 0.29) is 29.5 Å². The number of piperidine rings is 1. The largest absolute Gasteiger partial charge is 0.508 e. The molecule has 1 aromatic carbocycles. The lowest BCUT2D eigenvalue weighted by molar-refractivity contribution is -0.123. The number of aromatic hydroxyl groups is 1. The van der Waals surface area contributed by atoms with Crippen LogP contribution < -0.4 is 5.73 Å². The normalized spacial score (nSPS) is 22.6. The van der Waals surface area contributed by atoms with Crippen molar-refractivity contribution in [3.8, 4) is 5.75 Å². The Morgan fingerprint density at radius 2 is 2.05 bits per heavy atom. The van der Waals surface area contributed by atoms with Crippen LogP contribution in [0.2, 0.25) is 0 Å². The van der Waals surface area contributed by atoms with Gasteiger partial charge in [-0.25, -0.2) is 0 Å². The molecule has 1 aliphatic rings. The molecule has 0 aliphatic carbocycles. The van der Waals surface area contributed by atoms with Crippen LogP contribution in [0.5, 0.6) is 5.75 Å². The minimum atomic E-state index is -0.350. The average Bonchev–Trinajstić information content (AvgIpc) is 2.38. The zero-order chi connectivity index (χ0) is 14.9. The molecule has 108 valence electrons. The maximum Gasteiger partial charge on any atom is 0.254 e. The highest BCUT2D eigenvalue weighted by Crippen LogP contribution is 2.25. The van der Waals surface area contributed by atoms with Gasteiger partial charge < -0.3 is 15.7 Å². The van der Waals surface area contributed by atoms with Crippen molar-refractivity contribution in [3.63, 3.8) is 0 Å². The number of amides is 2. The molecule has 0 saturated carbocycles. The zero-order valence-electron chi connectivity index (χ0n) is 11.8. The number of aryl methyl sites for hydroxylation is 1. The minimum absolute atomic E-state index is 0.0892. The van der Waals surface area contributed by atoms with Gasteiger partial charge in [-0.05, 0) is 50.5 Å². The number of carbonyl (C=O) groups is 2. The van der Waals surface area contributed by atoms with Crippen LogP contribution in [0.1, 0.15) is 35.7 Å². The van der Waals surface area contributed by atoms with Crippen molar-refractivity contribution in [3.05, 3.63) is 29.3 Å². The van der Waals surface area contributed by atoms with Crippen molar-refractivity contribution in [1.29, 1.82) is 0 Å². The number of phenols is 1. The molecule has 1 aliphatic heterocycles. The molecule has 5 nitrogen and oxygen atoms in total. The van der Waals surface area contributed by atoms with Crippen molar-refractivity contribution in [1.82, 2.24) is 4.90 Å². The standard InChI is InChI=1S/C15H20N2O3/c1-9-7-12(18)5-6-13(9)15(20)17-8-11(14(16)19)4-3-10(17)2/h5-7,10-11,18H,3-4,8H2,1-2H3,(H2,16,19). The summed E-state index contributed by atoms with van der Waals surface area (Å²) in [5.41, 5.74) is 6.63. The Kier molecular flexibility index (Phi) is 3.97. The first kappa shape index (κ1) is 14.4. The van der Waals surface area contributed by atoms with E-state index < -0.39 is 0 Å². The smallest absolute Gasteiger partial charge is 0.254 e. The maximum absolute atomic E-state index is 12.6. The van der Waals surface area contributed by atoms with Crippen LogP contribution in [0.3, 0.4) is 0 Å². The van der Waals surface area contributed by atoms with E-state index in [2.05, 4.69) is 0 Å². The van der Waals surface area contributed by atoms with Crippen LogP contribution in [0, 0.1) is 12.8 Å². The molecule has 5 heteroatoms. The number of hydrogen-bond donors (Lipinski definition) is 2. The van der Waals surface area contributed by atoms with Crippen LogP contribution in [0.4, 0.5) is 0 Å². The van der Waals surface area contributed by atoms with Crippen molar-refractivity contribution in [2.45, 2.75) is 32.7 Å². The molecule has 1 heterocycles. The SMILES string of the molecule is Cc1cc(O)ccc1C(=O)N1CC(C(N)=O)CCC1C. The fraction of sp³-hybridized carbons (Fsp3) is 0.467. The summed E-state index contributed by atoms with van der Waals surface area (Å²) in [6, 6.07) is 4.77. The highest BCUT2D eigenvalue weighted by atomic mass is 16.3. The molecule has 1 fully saturated rings. The number of nitrogens with zero attached hydrogens (tertiary/aromatic N) is 1. The van der Waals surface area contributed by atoms with E-state index in [1.165, 1.54) is 6.07 Å². The third kappa shape index (κ3) is 2.76. The third-order valence-corrected chi connectivity index (χ3v) is 3.99. The zero-order valence-corrected chi connectivity index (χ0v) is 11.8. The van der Waals surface area contributed by atoms with Crippen LogP contribution in [0.15, 0.2) is 18.2 Å². The summed E-state index contributed by atoms with van der Waals surface area (Å²) in [4.78, 5) is 25.6. The second kappa shape index (κ2) is 5.53. The molecular formula is C15H20N2O3. The van der Waals surface area contributed by atoms with E-state index >= 15 is 0 Å². The summed E-state index contributed by atoms with van der Waals surface area (Å²) in [5.74, 6) is -0.591. The monoisotopic (exact) mass is 276 g/mol. The molecule has 1 aromatic rings. The fourth-order valence-corrected chi connectivity index (χ4v) is 2.66. The number of hydrogen-bond acceptors (Lipinski definition) is 3. The van der Waals surface area contributed by atoms with Crippen LogP contribution in [-0.4, -0.2) is 34.4 Å². The first-order chi connectivity index (χ1) is 9.40. The highest BCUT2D eigenvalue weighted by Gasteiger charge is 2.32. The number of carbonyl (C=O) groups excluding carboxylic acids is 2. The Balaban J connectivity index is 2.24. The molecule has 2 rings (SSSR count). The predicted octanol–water partition coefficient (Wildman–Crippen LogP) is 1.43. The van der Waals surface area contributed by atoms with E-state index in [1.807, 2.05) is 6.92 Å². The lowest BCUT2D eigenvalue weighted by Gasteiger charge is -2.37.